The number of anilines is 1. The van der Waals surface area contributed by atoms with Crippen LogP contribution in [-0.2, 0) is 21.5 Å². The molecule has 0 aromatic heterocycles. The summed E-state index contributed by atoms with van der Waals surface area (Å²) in [4.78, 5) is 38.6. The van der Waals surface area contributed by atoms with Crippen LogP contribution in [0.1, 0.15) is 37.0 Å². The number of rotatable bonds is 6. The average Bonchev–Trinajstić information content (AvgIpc) is 2.93. The highest BCUT2D eigenvalue weighted by Crippen LogP contribution is 2.29. The number of hydrogen-bond donors (Lipinski definition) is 2. The highest BCUT2D eigenvalue weighted by atomic mass is 16.2. The summed E-state index contributed by atoms with van der Waals surface area (Å²) in [6.45, 7) is 3.32. The fraction of sp³-hybridized carbons (Fsp3) is 0.273. The predicted octanol–water partition coefficient (Wildman–Crippen LogP) is 2.92. The van der Waals surface area contributed by atoms with Gasteiger partial charge in [-0.15, -0.1) is 0 Å². The summed E-state index contributed by atoms with van der Waals surface area (Å²) < 4.78 is 0. The maximum atomic E-state index is 13.0. The summed E-state index contributed by atoms with van der Waals surface area (Å²) >= 11 is 0. The number of carbonyl (C=O) groups is 3. The number of aryl methyl sites for hydroxylation is 1. The summed E-state index contributed by atoms with van der Waals surface area (Å²) in [6, 6.07) is 15.3. The normalized spacial score (nSPS) is 18.3. The first-order valence-electron chi connectivity index (χ1n) is 9.41. The van der Waals surface area contributed by atoms with E-state index in [1.807, 2.05) is 30.3 Å². The lowest BCUT2D eigenvalue weighted by atomic mass is 9.91. The Morgan fingerprint density at radius 2 is 1.93 bits per heavy atom. The van der Waals surface area contributed by atoms with Crippen LogP contribution >= 0.6 is 0 Å². The smallest absolute Gasteiger partial charge is 0.324 e. The SMILES string of the molecule is CCCc1ccc([C@@]2(C)NC(=O)N(CC(=O)Nc3cccc(C#N)c3)C2=O)cc1. The topological polar surface area (TPSA) is 102 Å². The first kappa shape index (κ1) is 20.1. The van der Waals surface area contributed by atoms with Crippen molar-refractivity contribution in [1.29, 1.82) is 5.26 Å². The molecule has 1 heterocycles. The fourth-order valence-electron chi connectivity index (χ4n) is 3.34. The van der Waals surface area contributed by atoms with Crippen LogP contribution in [0.4, 0.5) is 10.5 Å². The second-order valence-corrected chi connectivity index (χ2v) is 7.13. The minimum absolute atomic E-state index is 0.400. The van der Waals surface area contributed by atoms with Crippen LogP contribution in [0.15, 0.2) is 48.5 Å². The molecule has 3 rings (SSSR count). The van der Waals surface area contributed by atoms with Gasteiger partial charge in [0.05, 0.1) is 11.6 Å². The molecule has 148 valence electrons. The van der Waals surface area contributed by atoms with Crippen molar-refractivity contribution < 1.29 is 14.4 Å². The third-order valence-electron chi connectivity index (χ3n) is 4.92. The number of benzene rings is 2. The van der Waals surface area contributed by atoms with Gasteiger partial charge in [0.25, 0.3) is 5.91 Å². The molecule has 2 N–H and O–H groups in total. The van der Waals surface area contributed by atoms with Gasteiger partial charge in [-0.3, -0.25) is 14.5 Å². The van der Waals surface area contributed by atoms with Gasteiger partial charge in [-0.25, -0.2) is 4.79 Å². The van der Waals surface area contributed by atoms with Crippen LogP contribution in [0.2, 0.25) is 0 Å². The van der Waals surface area contributed by atoms with Crippen LogP contribution in [0, 0.1) is 11.3 Å². The second-order valence-electron chi connectivity index (χ2n) is 7.13. The molecule has 0 spiro atoms. The zero-order valence-corrected chi connectivity index (χ0v) is 16.4. The Balaban J connectivity index is 1.72. The number of nitriles is 1. The Labute approximate surface area is 169 Å². The van der Waals surface area contributed by atoms with E-state index in [-0.39, 0.29) is 0 Å². The van der Waals surface area contributed by atoms with E-state index < -0.39 is 29.9 Å². The molecule has 7 heteroatoms. The molecule has 1 saturated heterocycles. The lowest BCUT2D eigenvalue weighted by Crippen LogP contribution is -2.42. The van der Waals surface area contributed by atoms with Crippen LogP contribution in [0.3, 0.4) is 0 Å². The zero-order valence-electron chi connectivity index (χ0n) is 16.4. The van der Waals surface area contributed by atoms with Gasteiger partial charge in [0.15, 0.2) is 0 Å². The molecule has 1 fully saturated rings. The molecule has 1 atom stereocenters. The van der Waals surface area contributed by atoms with Gasteiger partial charge >= 0.3 is 6.03 Å². The summed E-state index contributed by atoms with van der Waals surface area (Å²) in [7, 11) is 0. The van der Waals surface area contributed by atoms with Gasteiger partial charge in [-0.1, -0.05) is 43.7 Å². The van der Waals surface area contributed by atoms with E-state index in [2.05, 4.69) is 17.6 Å². The quantitative estimate of drug-likeness (QED) is 0.740. The molecule has 2 aromatic rings. The van der Waals surface area contributed by atoms with Gasteiger partial charge in [0.2, 0.25) is 5.91 Å². The van der Waals surface area contributed by atoms with Crippen molar-refractivity contribution in [3.8, 4) is 6.07 Å². The lowest BCUT2D eigenvalue weighted by Gasteiger charge is -2.22. The molecule has 1 aliphatic rings. The van der Waals surface area contributed by atoms with Crippen LogP contribution < -0.4 is 10.6 Å². The number of carbonyl (C=O) groups excluding carboxylic acids is 3. The maximum Gasteiger partial charge on any atom is 0.325 e. The lowest BCUT2D eigenvalue weighted by molar-refractivity contribution is -0.133. The Kier molecular flexibility index (Phi) is 5.64. The predicted molar refractivity (Wildman–Crippen MR) is 108 cm³/mol. The number of amides is 4. The van der Waals surface area contributed by atoms with E-state index in [1.165, 1.54) is 6.07 Å². The number of nitrogens with one attached hydrogen (secondary N) is 2. The molecule has 2 aromatic carbocycles. The van der Waals surface area contributed by atoms with Crippen molar-refractivity contribution in [1.82, 2.24) is 10.2 Å². The molecule has 0 radical (unpaired) electrons. The van der Waals surface area contributed by atoms with E-state index in [9.17, 15) is 14.4 Å². The summed E-state index contributed by atoms with van der Waals surface area (Å²) in [5.74, 6) is -1.00. The Bertz CT molecular complexity index is 994. The average molecular weight is 390 g/mol. The molecular weight excluding hydrogens is 368 g/mol. The van der Waals surface area contributed by atoms with E-state index in [1.54, 1.807) is 25.1 Å². The largest absolute Gasteiger partial charge is 0.325 e. The molecule has 0 bridgehead atoms. The highest BCUT2D eigenvalue weighted by molar-refractivity contribution is 6.10. The van der Waals surface area contributed by atoms with Crippen LogP contribution in [0.25, 0.3) is 0 Å². The van der Waals surface area contributed by atoms with Crippen LogP contribution in [-0.4, -0.2) is 29.3 Å². The number of urea groups is 1. The molecule has 0 saturated carbocycles. The number of nitrogens with zero attached hydrogens (tertiary/aromatic N) is 2. The van der Waals surface area contributed by atoms with Crippen LogP contribution in [0.5, 0.6) is 0 Å². The van der Waals surface area contributed by atoms with Crippen molar-refractivity contribution in [2.75, 3.05) is 11.9 Å². The van der Waals surface area contributed by atoms with Crippen molar-refractivity contribution in [2.24, 2.45) is 0 Å². The molecule has 1 aliphatic heterocycles. The Hall–Kier alpha value is -3.66. The first-order valence-corrected chi connectivity index (χ1v) is 9.41. The Morgan fingerprint density at radius 1 is 1.21 bits per heavy atom. The van der Waals surface area contributed by atoms with E-state index in [4.69, 9.17) is 5.26 Å². The minimum atomic E-state index is -1.22. The molecule has 29 heavy (non-hydrogen) atoms. The van der Waals surface area contributed by atoms with Gasteiger partial charge < -0.3 is 10.6 Å². The summed E-state index contributed by atoms with van der Waals surface area (Å²) in [6.07, 6.45) is 1.96. The first-order chi connectivity index (χ1) is 13.9. The van der Waals surface area contributed by atoms with Crippen molar-refractivity contribution in [3.05, 3.63) is 65.2 Å². The molecular formula is C22H22N4O3. The highest BCUT2D eigenvalue weighted by Gasteiger charge is 2.49. The zero-order chi connectivity index (χ0) is 21.0. The van der Waals surface area contributed by atoms with Crippen molar-refractivity contribution in [3.63, 3.8) is 0 Å². The number of imide groups is 1. The van der Waals surface area contributed by atoms with Gasteiger partial charge in [-0.05, 0) is 42.7 Å². The minimum Gasteiger partial charge on any atom is -0.324 e. The number of hydrogen-bond acceptors (Lipinski definition) is 4. The third-order valence-corrected chi connectivity index (χ3v) is 4.92. The fourth-order valence-corrected chi connectivity index (χ4v) is 3.34. The molecule has 0 aliphatic carbocycles. The van der Waals surface area contributed by atoms with Crippen molar-refractivity contribution >= 4 is 23.5 Å². The van der Waals surface area contributed by atoms with E-state index in [0.717, 1.165) is 23.3 Å². The van der Waals surface area contributed by atoms with Gasteiger partial charge in [-0.2, -0.15) is 5.26 Å². The molecule has 0 unspecified atom stereocenters. The molecule has 4 amide bonds. The maximum absolute atomic E-state index is 13.0. The van der Waals surface area contributed by atoms with Gasteiger partial charge in [0, 0.05) is 5.69 Å². The third kappa shape index (κ3) is 4.11. The van der Waals surface area contributed by atoms with E-state index >= 15 is 0 Å². The van der Waals surface area contributed by atoms with Gasteiger partial charge in [0.1, 0.15) is 12.1 Å². The second kappa shape index (κ2) is 8.15. The Morgan fingerprint density at radius 3 is 2.59 bits per heavy atom. The monoisotopic (exact) mass is 390 g/mol. The molecule has 7 nitrogen and oxygen atoms in total. The standard InChI is InChI=1S/C22H22N4O3/c1-3-5-15-8-10-17(11-9-15)22(2)20(28)26(21(29)25-22)14-19(27)24-18-7-4-6-16(12-18)13-23/h4,6-12H,3,5,14H2,1-2H3,(H,24,27)(H,25,29)/t22-/m1/s1. The summed E-state index contributed by atoms with van der Waals surface area (Å²) in [5.41, 5.74) is 1.43. The van der Waals surface area contributed by atoms with Crippen molar-refractivity contribution in [2.45, 2.75) is 32.2 Å². The van der Waals surface area contributed by atoms with E-state index in [0.29, 0.717) is 16.8 Å². The summed E-state index contributed by atoms with van der Waals surface area (Å²) in [5, 5.41) is 14.2.